The number of rotatable bonds is 10. The molecule has 0 aliphatic carbocycles. The predicted octanol–water partition coefficient (Wildman–Crippen LogP) is 3.26. The van der Waals surface area contributed by atoms with Crippen LogP contribution in [0.4, 0.5) is 4.79 Å². The van der Waals surface area contributed by atoms with Crippen LogP contribution in [0.5, 0.6) is 11.5 Å². The number of urea groups is 1. The predicted molar refractivity (Wildman–Crippen MR) is 97.5 cm³/mol. The fourth-order valence-corrected chi connectivity index (χ4v) is 2.40. The molecule has 7 heteroatoms. The molecule has 1 aromatic heterocycles. The van der Waals surface area contributed by atoms with Gasteiger partial charge in [0.05, 0.1) is 26.5 Å². The van der Waals surface area contributed by atoms with E-state index in [1.54, 1.807) is 20.5 Å². The maximum absolute atomic E-state index is 12.0. The van der Waals surface area contributed by atoms with Crippen molar-refractivity contribution in [2.24, 2.45) is 0 Å². The molecule has 2 N–H and O–H groups in total. The number of benzene rings is 1. The number of carbonyl (C=O) groups is 1. The standard InChI is InChI=1S/C19H26N2O5/c1-14(15-7-8-17(23-2)18(12-15)24-3)21-19(22)20-9-5-10-25-13-16-6-4-11-26-16/h4,6-8,11-12,14H,5,9-10,13H2,1-3H3,(H2,20,21,22). The van der Waals surface area contributed by atoms with Crippen LogP contribution in [0.3, 0.4) is 0 Å². The van der Waals surface area contributed by atoms with Crippen LogP contribution in [-0.2, 0) is 11.3 Å². The molecule has 7 nitrogen and oxygen atoms in total. The summed E-state index contributed by atoms with van der Waals surface area (Å²) in [5.41, 5.74) is 0.930. The van der Waals surface area contributed by atoms with Gasteiger partial charge in [-0.3, -0.25) is 0 Å². The Balaban J connectivity index is 1.66. The summed E-state index contributed by atoms with van der Waals surface area (Å²) in [7, 11) is 3.17. The van der Waals surface area contributed by atoms with Crippen molar-refractivity contribution in [2.75, 3.05) is 27.4 Å². The average molecular weight is 362 g/mol. The molecule has 0 saturated heterocycles. The molecular formula is C19H26N2O5. The third-order valence-electron chi connectivity index (χ3n) is 3.83. The molecule has 0 aliphatic heterocycles. The van der Waals surface area contributed by atoms with Crippen LogP contribution < -0.4 is 20.1 Å². The Bertz CT molecular complexity index is 673. The molecule has 1 aromatic carbocycles. The normalized spacial score (nSPS) is 11.7. The fraction of sp³-hybridized carbons (Fsp3) is 0.421. The summed E-state index contributed by atoms with van der Waals surface area (Å²) in [6.07, 6.45) is 2.34. The number of nitrogens with one attached hydrogen (secondary N) is 2. The summed E-state index contributed by atoms with van der Waals surface area (Å²) in [4.78, 5) is 12.0. The molecule has 0 bridgehead atoms. The number of carbonyl (C=O) groups excluding carboxylic acids is 1. The lowest BCUT2D eigenvalue weighted by atomic mass is 10.1. The molecule has 1 atom stereocenters. The number of methoxy groups -OCH3 is 2. The Labute approximate surface area is 153 Å². The van der Waals surface area contributed by atoms with Crippen molar-refractivity contribution in [1.29, 1.82) is 0 Å². The first kappa shape index (κ1) is 19.7. The van der Waals surface area contributed by atoms with Gasteiger partial charge in [0.25, 0.3) is 0 Å². The van der Waals surface area contributed by atoms with Crippen molar-refractivity contribution in [3.05, 3.63) is 47.9 Å². The van der Waals surface area contributed by atoms with Gasteiger partial charge in [-0.1, -0.05) is 6.07 Å². The molecule has 2 amide bonds. The molecule has 1 heterocycles. The summed E-state index contributed by atoms with van der Waals surface area (Å²) in [6.45, 7) is 3.43. The summed E-state index contributed by atoms with van der Waals surface area (Å²) < 4.78 is 21.1. The van der Waals surface area contributed by atoms with E-state index in [0.717, 1.165) is 17.7 Å². The first-order chi connectivity index (χ1) is 12.6. The van der Waals surface area contributed by atoms with E-state index >= 15 is 0 Å². The first-order valence-electron chi connectivity index (χ1n) is 8.50. The van der Waals surface area contributed by atoms with Gasteiger partial charge in [0.1, 0.15) is 12.4 Å². The molecule has 2 aromatic rings. The van der Waals surface area contributed by atoms with Gasteiger partial charge in [-0.25, -0.2) is 4.79 Å². The zero-order chi connectivity index (χ0) is 18.8. The van der Waals surface area contributed by atoms with E-state index in [9.17, 15) is 4.79 Å². The Morgan fingerprint density at radius 1 is 1.19 bits per heavy atom. The topological polar surface area (TPSA) is 82.0 Å². The summed E-state index contributed by atoms with van der Waals surface area (Å²) in [5, 5.41) is 5.71. The largest absolute Gasteiger partial charge is 0.493 e. The van der Waals surface area contributed by atoms with Crippen molar-refractivity contribution in [1.82, 2.24) is 10.6 Å². The zero-order valence-electron chi connectivity index (χ0n) is 15.4. The number of amides is 2. The van der Waals surface area contributed by atoms with Crippen LogP contribution >= 0.6 is 0 Å². The van der Waals surface area contributed by atoms with Crippen LogP contribution in [0.1, 0.15) is 30.7 Å². The summed E-state index contributed by atoms with van der Waals surface area (Å²) in [6, 6.07) is 8.87. The summed E-state index contributed by atoms with van der Waals surface area (Å²) in [5.74, 6) is 2.08. The minimum Gasteiger partial charge on any atom is -0.493 e. The van der Waals surface area contributed by atoms with Gasteiger partial charge in [0.2, 0.25) is 0 Å². The molecule has 0 spiro atoms. The lowest BCUT2D eigenvalue weighted by Crippen LogP contribution is -2.37. The van der Waals surface area contributed by atoms with Crippen molar-refractivity contribution >= 4 is 6.03 Å². The fourth-order valence-electron chi connectivity index (χ4n) is 2.40. The number of hydrogen-bond acceptors (Lipinski definition) is 5. The Hall–Kier alpha value is -2.67. The highest BCUT2D eigenvalue weighted by molar-refractivity contribution is 5.74. The van der Waals surface area contributed by atoms with E-state index in [1.165, 1.54) is 0 Å². The smallest absolute Gasteiger partial charge is 0.315 e. The van der Waals surface area contributed by atoms with Gasteiger partial charge in [-0.15, -0.1) is 0 Å². The summed E-state index contributed by atoms with van der Waals surface area (Å²) >= 11 is 0. The van der Waals surface area contributed by atoms with Gasteiger partial charge in [-0.2, -0.15) is 0 Å². The van der Waals surface area contributed by atoms with Gasteiger partial charge >= 0.3 is 6.03 Å². The van der Waals surface area contributed by atoms with Gasteiger partial charge in [0, 0.05) is 13.2 Å². The number of ether oxygens (including phenoxy) is 3. The quantitative estimate of drug-likeness (QED) is 0.634. The SMILES string of the molecule is COc1ccc(C(C)NC(=O)NCCCOCc2ccco2)cc1OC. The van der Waals surface area contributed by atoms with Gasteiger partial charge in [0.15, 0.2) is 11.5 Å². The first-order valence-corrected chi connectivity index (χ1v) is 8.50. The van der Waals surface area contributed by atoms with E-state index in [2.05, 4.69) is 10.6 Å². The molecule has 0 aliphatic rings. The number of hydrogen-bond donors (Lipinski definition) is 2. The van der Waals surface area contributed by atoms with Crippen molar-refractivity contribution in [3.63, 3.8) is 0 Å². The maximum Gasteiger partial charge on any atom is 0.315 e. The van der Waals surface area contributed by atoms with E-state index in [0.29, 0.717) is 31.3 Å². The second kappa shape index (κ2) is 10.4. The monoisotopic (exact) mass is 362 g/mol. The third kappa shape index (κ3) is 6.00. The Kier molecular flexibility index (Phi) is 7.82. The van der Waals surface area contributed by atoms with Crippen LogP contribution in [0.25, 0.3) is 0 Å². The lowest BCUT2D eigenvalue weighted by Gasteiger charge is -2.17. The third-order valence-corrected chi connectivity index (χ3v) is 3.83. The zero-order valence-corrected chi connectivity index (χ0v) is 15.4. The van der Waals surface area contributed by atoms with Crippen molar-refractivity contribution in [2.45, 2.75) is 26.0 Å². The second-order valence-corrected chi connectivity index (χ2v) is 5.72. The van der Waals surface area contributed by atoms with Gasteiger partial charge in [-0.05, 0) is 43.2 Å². The van der Waals surface area contributed by atoms with E-state index in [1.807, 2.05) is 37.3 Å². The molecule has 2 rings (SSSR count). The van der Waals surface area contributed by atoms with E-state index in [-0.39, 0.29) is 12.1 Å². The van der Waals surface area contributed by atoms with Crippen molar-refractivity contribution in [3.8, 4) is 11.5 Å². The molecular weight excluding hydrogens is 336 g/mol. The molecule has 142 valence electrons. The van der Waals surface area contributed by atoms with E-state index < -0.39 is 0 Å². The average Bonchev–Trinajstić information content (AvgIpc) is 3.17. The van der Waals surface area contributed by atoms with Gasteiger partial charge < -0.3 is 29.3 Å². The molecule has 0 radical (unpaired) electrons. The maximum atomic E-state index is 12.0. The van der Waals surface area contributed by atoms with Crippen LogP contribution in [0.2, 0.25) is 0 Å². The van der Waals surface area contributed by atoms with E-state index in [4.69, 9.17) is 18.6 Å². The molecule has 1 unspecified atom stereocenters. The molecule has 0 saturated carbocycles. The highest BCUT2D eigenvalue weighted by Gasteiger charge is 2.12. The minimum absolute atomic E-state index is 0.162. The highest BCUT2D eigenvalue weighted by Crippen LogP contribution is 2.29. The second-order valence-electron chi connectivity index (χ2n) is 5.72. The highest BCUT2D eigenvalue weighted by atomic mass is 16.5. The van der Waals surface area contributed by atoms with Crippen LogP contribution in [0.15, 0.2) is 41.0 Å². The molecule has 26 heavy (non-hydrogen) atoms. The Morgan fingerprint density at radius 2 is 2.00 bits per heavy atom. The molecule has 0 fully saturated rings. The van der Waals surface area contributed by atoms with Crippen LogP contribution in [0, 0.1) is 0 Å². The lowest BCUT2D eigenvalue weighted by molar-refractivity contribution is 0.104. The Morgan fingerprint density at radius 3 is 2.69 bits per heavy atom. The van der Waals surface area contributed by atoms with Crippen LogP contribution in [-0.4, -0.2) is 33.4 Å². The minimum atomic E-state index is -0.224. The van der Waals surface area contributed by atoms with Crippen molar-refractivity contribution < 1.29 is 23.4 Å². The number of furan rings is 1.